The number of nitrogens with zero attached hydrogens (tertiary/aromatic N) is 2. The number of hydrogen-bond donors (Lipinski definition) is 1. The van der Waals surface area contributed by atoms with Gasteiger partial charge in [-0.1, -0.05) is 36.4 Å². The normalized spacial score (nSPS) is 12.3. The van der Waals surface area contributed by atoms with E-state index in [9.17, 15) is 4.79 Å². The van der Waals surface area contributed by atoms with Gasteiger partial charge in [-0.3, -0.25) is 4.79 Å². The van der Waals surface area contributed by atoms with Crippen LogP contribution in [0, 0.1) is 27.7 Å². The zero-order valence-electron chi connectivity index (χ0n) is 17.9. The number of carbonyl (C=O) groups excluding carboxylic acids is 1. The Kier molecular flexibility index (Phi) is 6.90. The van der Waals surface area contributed by atoms with Crippen LogP contribution < -0.4 is 5.43 Å². The quantitative estimate of drug-likeness (QED) is 0.394. The summed E-state index contributed by atoms with van der Waals surface area (Å²) in [5.74, 6) is -0.320. The minimum absolute atomic E-state index is 0.320. The third kappa shape index (κ3) is 4.55. The van der Waals surface area contributed by atoms with Gasteiger partial charge in [-0.25, -0.2) is 5.43 Å². The first-order chi connectivity index (χ1) is 14.3. The van der Waals surface area contributed by atoms with Gasteiger partial charge in [-0.2, -0.15) is 5.10 Å². The number of halogens is 1. The minimum atomic E-state index is -0.713. The standard InChI is InChI=1S/C24H26BrN3O2/c1-15-11-16(2)13-20(12-15)28-17(3)21(22(25)18(28)4)14-26-27-24(29)23(30-5)19-9-7-6-8-10-19/h6-14,23H,1-5H3,(H,27,29)/b26-14-/t23-/m1/s1. The number of hydrogen-bond acceptors (Lipinski definition) is 3. The number of hydrazone groups is 1. The molecule has 0 aliphatic heterocycles. The molecule has 0 saturated carbocycles. The Morgan fingerprint density at radius 1 is 1.07 bits per heavy atom. The Morgan fingerprint density at radius 2 is 1.70 bits per heavy atom. The number of carbonyl (C=O) groups is 1. The van der Waals surface area contributed by atoms with Crippen LogP contribution in [0.25, 0.3) is 5.69 Å². The van der Waals surface area contributed by atoms with Gasteiger partial charge in [0.25, 0.3) is 5.91 Å². The van der Waals surface area contributed by atoms with E-state index in [0.717, 1.165) is 32.7 Å². The number of benzene rings is 2. The smallest absolute Gasteiger partial charge is 0.273 e. The Balaban J connectivity index is 1.85. The lowest BCUT2D eigenvalue weighted by atomic mass is 10.1. The van der Waals surface area contributed by atoms with Crippen molar-refractivity contribution in [3.8, 4) is 5.69 Å². The monoisotopic (exact) mass is 467 g/mol. The van der Waals surface area contributed by atoms with Crippen molar-refractivity contribution in [2.24, 2.45) is 5.10 Å². The second-order valence-corrected chi connectivity index (χ2v) is 8.13. The first-order valence-electron chi connectivity index (χ1n) is 9.70. The Labute approximate surface area is 185 Å². The Morgan fingerprint density at radius 3 is 2.30 bits per heavy atom. The summed E-state index contributed by atoms with van der Waals surface area (Å²) in [5, 5.41) is 4.19. The van der Waals surface area contributed by atoms with Gasteiger partial charge in [0.1, 0.15) is 0 Å². The molecular weight excluding hydrogens is 442 g/mol. The largest absolute Gasteiger partial charge is 0.367 e. The SMILES string of the molecule is CO[C@@H](C(=O)N/N=C\c1c(Br)c(C)n(-c2cc(C)cc(C)c2)c1C)c1ccccc1. The summed E-state index contributed by atoms with van der Waals surface area (Å²) in [4.78, 5) is 12.5. The van der Waals surface area contributed by atoms with Crippen molar-refractivity contribution in [3.05, 3.63) is 86.6 Å². The molecular formula is C24H26BrN3O2. The molecule has 0 saturated heterocycles. The van der Waals surface area contributed by atoms with Crippen LogP contribution in [-0.2, 0) is 9.53 Å². The van der Waals surface area contributed by atoms with E-state index in [1.807, 2.05) is 37.3 Å². The van der Waals surface area contributed by atoms with E-state index < -0.39 is 6.10 Å². The molecule has 0 radical (unpaired) electrons. The van der Waals surface area contributed by atoms with Crippen LogP contribution in [0.3, 0.4) is 0 Å². The summed E-state index contributed by atoms with van der Waals surface area (Å²) in [6.45, 7) is 8.29. The molecule has 0 aliphatic rings. The van der Waals surface area contributed by atoms with Crippen LogP contribution >= 0.6 is 15.9 Å². The number of rotatable bonds is 6. The molecule has 0 bridgehead atoms. The first kappa shape index (κ1) is 22.0. The lowest BCUT2D eigenvalue weighted by molar-refractivity contribution is -0.131. The second-order valence-electron chi connectivity index (χ2n) is 7.34. The lowest BCUT2D eigenvalue weighted by Gasteiger charge is -2.13. The van der Waals surface area contributed by atoms with E-state index >= 15 is 0 Å². The average Bonchev–Trinajstić information content (AvgIpc) is 2.92. The third-order valence-electron chi connectivity index (χ3n) is 5.02. The van der Waals surface area contributed by atoms with Gasteiger partial charge in [0, 0.05) is 34.2 Å². The van der Waals surface area contributed by atoms with E-state index in [1.54, 1.807) is 6.21 Å². The zero-order valence-corrected chi connectivity index (χ0v) is 19.4. The van der Waals surface area contributed by atoms with Crippen molar-refractivity contribution in [1.82, 2.24) is 9.99 Å². The first-order valence-corrected chi connectivity index (χ1v) is 10.5. The van der Waals surface area contributed by atoms with Crippen LogP contribution in [-0.4, -0.2) is 23.8 Å². The van der Waals surface area contributed by atoms with E-state index in [2.05, 4.69) is 70.0 Å². The number of aryl methyl sites for hydroxylation is 2. The molecule has 3 rings (SSSR count). The van der Waals surface area contributed by atoms with Crippen LogP contribution in [0.5, 0.6) is 0 Å². The minimum Gasteiger partial charge on any atom is -0.367 e. The molecule has 0 spiro atoms. The second kappa shape index (κ2) is 9.41. The lowest BCUT2D eigenvalue weighted by Crippen LogP contribution is -2.26. The number of amides is 1. The molecule has 1 atom stereocenters. The highest BCUT2D eigenvalue weighted by atomic mass is 79.9. The predicted octanol–water partition coefficient (Wildman–Crippen LogP) is 5.31. The van der Waals surface area contributed by atoms with Crippen molar-refractivity contribution in [1.29, 1.82) is 0 Å². The summed E-state index contributed by atoms with van der Waals surface area (Å²) in [6.07, 6.45) is 0.954. The highest BCUT2D eigenvalue weighted by Crippen LogP contribution is 2.30. The molecule has 1 aromatic heterocycles. The molecule has 156 valence electrons. The average molecular weight is 468 g/mol. The maximum atomic E-state index is 12.5. The summed E-state index contributed by atoms with van der Waals surface area (Å²) in [6, 6.07) is 15.8. The fourth-order valence-electron chi connectivity index (χ4n) is 3.68. The maximum absolute atomic E-state index is 12.5. The predicted molar refractivity (Wildman–Crippen MR) is 124 cm³/mol. The number of ether oxygens (including phenoxy) is 1. The van der Waals surface area contributed by atoms with E-state index in [1.165, 1.54) is 18.2 Å². The van der Waals surface area contributed by atoms with Gasteiger partial charge in [0.15, 0.2) is 6.10 Å². The molecule has 1 N–H and O–H groups in total. The van der Waals surface area contributed by atoms with Gasteiger partial charge in [0.05, 0.1) is 6.21 Å². The van der Waals surface area contributed by atoms with Crippen LogP contribution in [0.15, 0.2) is 58.1 Å². The van der Waals surface area contributed by atoms with Crippen molar-refractivity contribution < 1.29 is 9.53 Å². The fraction of sp³-hybridized carbons (Fsp3) is 0.250. The highest BCUT2D eigenvalue weighted by Gasteiger charge is 2.20. The molecule has 0 fully saturated rings. The Hall–Kier alpha value is -2.70. The van der Waals surface area contributed by atoms with E-state index in [4.69, 9.17) is 4.74 Å². The van der Waals surface area contributed by atoms with Crippen molar-refractivity contribution >= 4 is 28.1 Å². The summed E-state index contributed by atoms with van der Waals surface area (Å²) in [7, 11) is 1.51. The summed E-state index contributed by atoms with van der Waals surface area (Å²) >= 11 is 3.68. The Bertz CT molecular complexity index is 1070. The molecule has 30 heavy (non-hydrogen) atoms. The van der Waals surface area contributed by atoms with Crippen LogP contribution in [0.4, 0.5) is 0 Å². The van der Waals surface area contributed by atoms with Gasteiger partial charge < -0.3 is 9.30 Å². The third-order valence-corrected chi connectivity index (χ3v) is 6.02. The fourth-order valence-corrected chi connectivity index (χ4v) is 4.25. The summed E-state index contributed by atoms with van der Waals surface area (Å²) < 4.78 is 8.49. The molecule has 3 aromatic rings. The van der Waals surface area contributed by atoms with Gasteiger partial charge in [-0.05, 0) is 72.4 Å². The zero-order chi connectivity index (χ0) is 21.8. The molecule has 2 aromatic carbocycles. The number of nitrogens with one attached hydrogen (secondary N) is 1. The van der Waals surface area contributed by atoms with E-state index in [-0.39, 0.29) is 5.91 Å². The molecule has 0 aliphatic carbocycles. The maximum Gasteiger partial charge on any atom is 0.273 e. The summed E-state index contributed by atoms with van der Waals surface area (Å²) in [5.41, 5.74) is 9.93. The van der Waals surface area contributed by atoms with Crippen molar-refractivity contribution in [2.45, 2.75) is 33.8 Å². The number of methoxy groups -OCH3 is 1. The van der Waals surface area contributed by atoms with Crippen molar-refractivity contribution in [2.75, 3.05) is 7.11 Å². The molecule has 1 amide bonds. The van der Waals surface area contributed by atoms with E-state index in [0.29, 0.717) is 0 Å². The molecule has 5 nitrogen and oxygen atoms in total. The van der Waals surface area contributed by atoms with Crippen LogP contribution in [0.1, 0.15) is 39.7 Å². The topological polar surface area (TPSA) is 55.6 Å². The molecule has 6 heteroatoms. The molecule has 0 unspecified atom stereocenters. The number of aromatic nitrogens is 1. The van der Waals surface area contributed by atoms with Gasteiger partial charge in [-0.15, -0.1) is 0 Å². The van der Waals surface area contributed by atoms with Gasteiger partial charge >= 0.3 is 0 Å². The van der Waals surface area contributed by atoms with Gasteiger partial charge in [0.2, 0.25) is 0 Å². The van der Waals surface area contributed by atoms with Crippen LogP contribution in [0.2, 0.25) is 0 Å². The molecule has 1 heterocycles. The van der Waals surface area contributed by atoms with Crippen molar-refractivity contribution in [3.63, 3.8) is 0 Å². The highest BCUT2D eigenvalue weighted by molar-refractivity contribution is 9.10.